The van der Waals surface area contributed by atoms with E-state index in [1.165, 1.54) is 4.90 Å². The average molecular weight is 288 g/mol. The Kier molecular flexibility index (Phi) is 4.16. The quantitative estimate of drug-likeness (QED) is 0.870. The first kappa shape index (κ1) is 14.9. The summed E-state index contributed by atoms with van der Waals surface area (Å²) in [4.78, 5) is 15.5. The van der Waals surface area contributed by atoms with E-state index >= 15 is 0 Å². The van der Waals surface area contributed by atoms with Crippen molar-refractivity contribution >= 4 is 17.3 Å². The number of rotatable bonds is 4. The molecule has 1 amide bonds. The number of amides is 1. The number of aryl methyl sites for hydroxylation is 1. The SMILES string of the molecule is Cc1cc(CN(C)c2cc(C(=O)N(C)C)ccc2N)no1. The predicted molar refractivity (Wildman–Crippen MR) is 82.2 cm³/mol. The van der Waals surface area contributed by atoms with E-state index in [0.717, 1.165) is 17.1 Å². The molecule has 0 fully saturated rings. The Morgan fingerprint density at radius 2 is 2.00 bits per heavy atom. The van der Waals surface area contributed by atoms with Gasteiger partial charge in [-0.2, -0.15) is 0 Å². The third kappa shape index (κ3) is 3.34. The van der Waals surface area contributed by atoms with Gasteiger partial charge in [0.2, 0.25) is 0 Å². The Balaban J connectivity index is 2.25. The third-order valence-electron chi connectivity index (χ3n) is 3.17. The zero-order valence-corrected chi connectivity index (χ0v) is 12.8. The molecule has 0 bridgehead atoms. The Morgan fingerprint density at radius 1 is 1.29 bits per heavy atom. The van der Waals surface area contributed by atoms with Crippen LogP contribution in [0.2, 0.25) is 0 Å². The second-order valence-corrected chi connectivity index (χ2v) is 5.26. The minimum Gasteiger partial charge on any atom is -0.397 e. The highest BCUT2D eigenvalue weighted by molar-refractivity contribution is 5.96. The number of nitrogen functional groups attached to an aromatic ring is 1. The molecule has 1 aromatic carbocycles. The minimum absolute atomic E-state index is 0.0538. The fourth-order valence-corrected chi connectivity index (χ4v) is 2.09. The van der Waals surface area contributed by atoms with Gasteiger partial charge in [-0.1, -0.05) is 5.16 Å². The summed E-state index contributed by atoms with van der Waals surface area (Å²) in [7, 11) is 5.35. The van der Waals surface area contributed by atoms with Crippen LogP contribution in [0.25, 0.3) is 0 Å². The van der Waals surface area contributed by atoms with Crippen LogP contribution in [0.3, 0.4) is 0 Å². The monoisotopic (exact) mass is 288 g/mol. The number of hydrogen-bond donors (Lipinski definition) is 1. The number of nitrogens with two attached hydrogens (primary N) is 1. The van der Waals surface area contributed by atoms with Gasteiger partial charge in [0.1, 0.15) is 11.5 Å². The fourth-order valence-electron chi connectivity index (χ4n) is 2.09. The summed E-state index contributed by atoms with van der Waals surface area (Å²) in [5.41, 5.74) is 8.85. The lowest BCUT2D eigenvalue weighted by Crippen LogP contribution is -2.23. The van der Waals surface area contributed by atoms with Crippen LogP contribution < -0.4 is 10.6 Å². The van der Waals surface area contributed by atoms with E-state index < -0.39 is 0 Å². The van der Waals surface area contributed by atoms with Crippen LogP contribution in [0, 0.1) is 6.92 Å². The molecular formula is C15H20N4O2. The number of carbonyl (C=O) groups is 1. The molecule has 0 spiro atoms. The maximum Gasteiger partial charge on any atom is 0.253 e. The summed E-state index contributed by atoms with van der Waals surface area (Å²) < 4.78 is 5.06. The van der Waals surface area contributed by atoms with E-state index in [1.54, 1.807) is 32.3 Å². The number of benzene rings is 1. The second-order valence-electron chi connectivity index (χ2n) is 5.26. The van der Waals surface area contributed by atoms with Crippen molar-refractivity contribution in [2.24, 2.45) is 0 Å². The van der Waals surface area contributed by atoms with Crippen LogP contribution in [0.5, 0.6) is 0 Å². The molecule has 0 saturated heterocycles. The van der Waals surface area contributed by atoms with E-state index in [9.17, 15) is 4.79 Å². The van der Waals surface area contributed by atoms with Gasteiger partial charge in [0.25, 0.3) is 5.91 Å². The summed E-state index contributed by atoms with van der Waals surface area (Å²) in [6.45, 7) is 2.41. The van der Waals surface area contributed by atoms with Crippen LogP contribution in [0.1, 0.15) is 21.8 Å². The maximum atomic E-state index is 12.0. The molecule has 1 aromatic heterocycles. The van der Waals surface area contributed by atoms with Gasteiger partial charge in [0.05, 0.1) is 17.9 Å². The van der Waals surface area contributed by atoms with Crippen LogP contribution in [-0.4, -0.2) is 37.1 Å². The van der Waals surface area contributed by atoms with E-state index in [1.807, 2.05) is 24.9 Å². The van der Waals surface area contributed by atoms with Crippen molar-refractivity contribution < 1.29 is 9.32 Å². The van der Waals surface area contributed by atoms with Crippen LogP contribution in [0.4, 0.5) is 11.4 Å². The smallest absolute Gasteiger partial charge is 0.253 e. The van der Waals surface area contributed by atoms with E-state index in [4.69, 9.17) is 10.3 Å². The zero-order valence-electron chi connectivity index (χ0n) is 12.8. The molecule has 2 aromatic rings. The molecule has 0 aliphatic carbocycles. The van der Waals surface area contributed by atoms with Gasteiger partial charge in [0.15, 0.2) is 0 Å². The molecular weight excluding hydrogens is 268 g/mol. The summed E-state index contributed by atoms with van der Waals surface area (Å²) in [5, 5.41) is 3.96. The summed E-state index contributed by atoms with van der Waals surface area (Å²) in [6.07, 6.45) is 0. The number of aromatic nitrogens is 1. The average Bonchev–Trinajstić information content (AvgIpc) is 2.83. The molecule has 21 heavy (non-hydrogen) atoms. The van der Waals surface area contributed by atoms with Crippen molar-refractivity contribution in [1.29, 1.82) is 0 Å². The van der Waals surface area contributed by atoms with Gasteiger partial charge in [-0.05, 0) is 25.1 Å². The topological polar surface area (TPSA) is 75.6 Å². The summed E-state index contributed by atoms with van der Waals surface area (Å²) >= 11 is 0. The normalized spacial score (nSPS) is 10.5. The van der Waals surface area contributed by atoms with Crippen LogP contribution in [0.15, 0.2) is 28.8 Å². The van der Waals surface area contributed by atoms with Crippen LogP contribution in [-0.2, 0) is 6.54 Å². The molecule has 0 saturated carbocycles. The van der Waals surface area contributed by atoms with Crippen molar-refractivity contribution in [1.82, 2.24) is 10.1 Å². The largest absolute Gasteiger partial charge is 0.397 e. The molecule has 0 aliphatic heterocycles. The molecule has 0 radical (unpaired) electrons. The number of nitrogens with zero attached hydrogens (tertiary/aromatic N) is 3. The number of carbonyl (C=O) groups excluding carboxylic acids is 1. The minimum atomic E-state index is -0.0538. The number of anilines is 2. The second kappa shape index (κ2) is 5.87. The van der Waals surface area contributed by atoms with Crippen molar-refractivity contribution in [3.63, 3.8) is 0 Å². The molecule has 0 aliphatic rings. The van der Waals surface area contributed by atoms with Gasteiger partial charge >= 0.3 is 0 Å². The first-order chi connectivity index (χ1) is 9.88. The number of hydrogen-bond acceptors (Lipinski definition) is 5. The summed E-state index contributed by atoms with van der Waals surface area (Å²) in [5.74, 6) is 0.713. The Labute approximate surface area is 124 Å². The molecule has 6 nitrogen and oxygen atoms in total. The lowest BCUT2D eigenvalue weighted by atomic mass is 10.1. The zero-order chi connectivity index (χ0) is 15.6. The highest BCUT2D eigenvalue weighted by Gasteiger charge is 2.14. The molecule has 112 valence electrons. The highest BCUT2D eigenvalue weighted by atomic mass is 16.5. The standard InChI is InChI=1S/C15H20N4O2/c1-10-7-12(17-21-10)9-19(4)14-8-11(5-6-13(14)16)15(20)18(2)3/h5-8H,9,16H2,1-4H3. The van der Waals surface area contributed by atoms with Gasteiger partial charge < -0.3 is 20.1 Å². The summed E-state index contributed by atoms with van der Waals surface area (Å²) in [6, 6.07) is 7.15. The fraction of sp³-hybridized carbons (Fsp3) is 0.333. The molecule has 2 N–H and O–H groups in total. The first-order valence-electron chi connectivity index (χ1n) is 6.63. The molecule has 6 heteroatoms. The van der Waals surface area contributed by atoms with Gasteiger partial charge in [0, 0.05) is 32.8 Å². The Bertz CT molecular complexity index is 649. The molecule has 1 heterocycles. The molecule has 0 unspecified atom stereocenters. The molecule has 2 rings (SSSR count). The van der Waals surface area contributed by atoms with Crippen molar-refractivity contribution in [3.8, 4) is 0 Å². The van der Waals surface area contributed by atoms with Crippen molar-refractivity contribution in [3.05, 3.63) is 41.3 Å². The lowest BCUT2D eigenvalue weighted by molar-refractivity contribution is 0.0827. The van der Waals surface area contributed by atoms with Gasteiger partial charge in [-0.15, -0.1) is 0 Å². The molecule has 0 atom stereocenters. The maximum absolute atomic E-state index is 12.0. The Morgan fingerprint density at radius 3 is 2.57 bits per heavy atom. The predicted octanol–water partition coefficient (Wildman–Crippen LogP) is 1.90. The van der Waals surface area contributed by atoms with Crippen LogP contribution >= 0.6 is 0 Å². The van der Waals surface area contributed by atoms with Crippen molar-refractivity contribution in [2.75, 3.05) is 31.8 Å². The highest BCUT2D eigenvalue weighted by Crippen LogP contribution is 2.25. The Hall–Kier alpha value is -2.50. The first-order valence-corrected chi connectivity index (χ1v) is 6.63. The van der Waals surface area contributed by atoms with Crippen molar-refractivity contribution in [2.45, 2.75) is 13.5 Å². The van der Waals surface area contributed by atoms with Gasteiger partial charge in [-0.25, -0.2) is 0 Å². The van der Waals surface area contributed by atoms with E-state index in [0.29, 0.717) is 17.8 Å². The van der Waals surface area contributed by atoms with E-state index in [2.05, 4.69) is 5.16 Å². The lowest BCUT2D eigenvalue weighted by Gasteiger charge is -2.21. The third-order valence-corrected chi connectivity index (χ3v) is 3.17. The van der Waals surface area contributed by atoms with Gasteiger partial charge in [-0.3, -0.25) is 4.79 Å². The van der Waals surface area contributed by atoms with E-state index in [-0.39, 0.29) is 5.91 Å².